The molecule has 0 spiro atoms. The van der Waals surface area contributed by atoms with Crippen molar-refractivity contribution in [2.45, 2.75) is 26.3 Å². The lowest BCUT2D eigenvalue weighted by atomic mass is 9.94. The van der Waals surface area contributed by atoms with Crippen molar-refractivity contribution in [2.75, 3.05) is 7.11 Å². The monoisotopic (exact) mass is 308 g/mol. The van der Waals surface area contributed by atoms with Crippen LogP contribution in [0.3, 0.4) is 0 Å². The largest absolute Gasteiger partial charge is 0.497 e. The SMILES string of the molecule is COc1ccc2c(c1)C(c1ccccc1)=NN(C(C)=O)C(C)C2. The van der Waals surface area contributed by atoms with Crippen molar-refractivity contribution in [3.8, 4) is 5.75 Å². The molecule has 0 N–H and O–H groups in total. The molecule has 1 unspecified atom stereocenters. The van der Waals surface area contributed by atoms with Crippen molar-refractivity contribution < 1.29 is 9.53 Å². The Kier molecular flexibility index (Phi) is 4.15. The highest BCUT2D eigenvalue weighted by Crippen LogP contribution is 2.27. The summed E-state index contributed by atoms with van der Waals surface area (Å²) in [6, 6.07) is 16.0. The maximum Gasteiger partial charge on any atom is 0.239 e. The second-order valence-corrected chi connectivity index (χ2v) is 5.75. The average Bonchev–Trinajstić information content (AvgIpc) is 2.71. The van der Waals surface area contributed by atoms with E-state index in [2.05, 4.69) is 11.2 Å². The summed E-state index contributed by atoms with van der Waals surface area (Å²) < 4.78 is 5.37. The second kappa shape index (κ2) is 6.24. The predicted octanol–water partition coefficient (Wildman–Crippen LogP) is 3.24. The van der Waals surface area contributed by atoms with E-state index in [1.165, 1.54) is 5.56 Å². The number of fused-ring (bicyclic) bond motifs is 1. The number of hydrazone groups is 1. The number of carbonyl (C=O) groups excluding carboxylic acids is 1. The fourth-order valence-electron chi connectivity index (χ4n) is 2.94. The number of amides is 1. The Balaban J connectivity index is 2.22. The molecule has 2 aromatic rings. The van der Waals surface area contributed by atoms with Crippen molar-refractivity contribution in [3.05, 3.63) is 65.2 Å². The summed E-state index contributed by atoms with van der Waals surface area (Å²) in [5, 5.41) is 6.27. The molecule has 4 heteroatoms. The van der Waals surface area contributed by atoms with Gasteiger partial charge in [0.1, 0.15) is 5.75 Å². The van der Waals surface area contributed by atoms with Crippen molar-refractivity contribution in [1.29, 1.82) is 0 Å². The highest BCUT2D eigenvalue weighted by Gasteiger charge is 2.25. The second-order valence-electron chi connectivity index (χ2n) is 5.75. The van der Waals surface area contributed by atoms with Gasteiger partial charge in [-0.05, 0) is 31.0 Å². The number of rotatable bonds is 2. The number of benzene rings is 2. The summed E-state index contributed by atoms with van der Waals surface area (Å²) in [5.74, 6) is 0.738. The van der Waals surface area contributed by atoms with Gasteiger partial charge in [-0.15, -0.1) is 0 Å². The standard InChI is InChI=1S/C19H20N2O2/c1-13-11-16-9-10-17(23-3)12-18(16)19(20-21(13)14(2)22)15-7-5-4-6-8-15/h4-10,12-13H,11H2,1-3H3. The first kappa shape index (κ1) is 15.3. The summed E-state index contributed by atoms with van der Waals surface area (Å²) in [6.45, 7) is 3.58. The normalized spacial score (nSPS) is 17.1. The van der Waals surface area contributed by atoms with Crippen molar-refractivity contribution in [2.24, 2.45) is 5.10 Å². The van der Waals surface area contributed by atoms with Crippen LogP contribution in [0.5, 0.6) is 5.75 Å². The third-order valence-corrected chi connectivity index (χ3v) is 4.08. The minimum Gasteiger partial charge on any atom is -0.497 e. The van der Waals surface area contributed by atoms with Crippen molar-refractivity contribution >= 4 is 11.6 Å². The molecule has 0 aromatic heterocycles. The predicted molar refractivity (Wildman–Crippen MR) is 90.8 cm³/mol. The van der Waals surface area contributed by atoms with Crippen molar-refractivity contribution in [1.82, 2.24) is 5.01 Å². The van der Waals surface area contributed by atoms with Crippen LogP contribution in [0.2, 0.25) is 0 Å². The van der Waals surface area contributed by atoms with E-state index in [1.54, 1.807) is 19.0 Å². The maximum atomic E-state index is 12.0. The molecule has 1 aliphatic heterocycles. The topological polar surface area (TPSA) is 41.9 Å². The van der Waals surface area contributed by atoms with E-state index >= 15 is 0 Å². The van der Waals surface area contributed by atoms with E-state index in [9.17, 15) is 4.79 Å². The van der Waals surface area contributed by atoms with Crippen LogP contribution in [0.15, 0.2) is 53.6 Å². The zero-order valence-electron chi connectivity index (χ0n) is 13.6. The van der Waals surface area contributed by atoms with Gasteiger partial charge in [-0.3, -0.25) is 4.79 Å². The van der Waals surface area contributed by atoms with Gasteiger partial charge in [0.05, 0.1) is 18.9 Å². The van der Waals surface area contributed by atoms with Crippen LogP contribution >= 0.6 is 0 Å². The first-order valence-corrected chi connectivity index (χ1v) is 7.71. The summed E-state index contributed by atoms with van der Waals surface area (Å²) >= 11 is 0. The van der Waals surface area contributed by atoms with Crippen LogP contribution in [0.1, 0.15) is 30.5 Å². The molecule has 118 valence electrons. The third kappa shape index (κ3) is 2.97. The van der Waals surface area contributed by atoms with E-state index < -0.39 is 0 Å². The summed E-state index contributed by atoms with van der Waals surface area (Å²) in [4.78, 5) is 12.0. The Labute approximate surface area is 136 Å². The zero-order valence-corrected chi connectivity index (χ0v) is 13.6. The molecule has 23 heavy (non-hydrogen) atoms. The van der Waals surface area contributed by atoms with Gasteiger partial charge in [0, 0.05) is 18.1 Å². The molecule has 3 rings (SSSR count). The lowest BCUT2D eigenvalue weighted by Crippen LogP contribution is -2.33. The molecule has 1 heterocycles. The van der Waals surface area contributed by atoms with Crippen LogP contribution in [-0.4, -0.2) is 29.8 Å². The fraction of sp³-hybridized carbons (Fsp3) is 0.263. The molecular formula is C19H20N2O2. The van der Waals surface area contributed by atoms with E-state index in [1.807, 2.05) is 49.4 Å². The molecule has 0 aliphatic carbocycles. The number of hydrogen-bond donors (Lipinski definition) is 0. The Morgan fingerprint density at radius 2 is 1.96 bits per heavy atom. The van der Waals surface area contributed by atoms with E-state index in [0.717, 1.165) is 29.0 Å². The number of nitrogens with zero attached hydrogens (tertiary/aromatic N) is 2. The first-order valence-electron chi connectivity index (χ1n) is 7.71. The average molecular weight is 308 g/mol. The van der Waals surface area contributed by atoms with E-state index in [-0.39, 0.29) is 11.9 Å². The summed E-state index contributed by atoms with van der Waals surface area (Å²) in [6.07, 6.45) is 0.763. The van der Waals surface area contributed by atoms with Crippen molar-refractivity contribution in [3.63, 3.8) is 0 Å². The molecule has 1 atom stereocenters. The fourth-order valence-corrected chi connectivity index (χ4v) is 2.94. The Bertz CT molecular complexity index is 753. The van der Waals surface area contributed by atoms with Crippen LogP contribution < -0.4 is 4.74 Å². The number of hydrogen-bond acceptors (Lipinski definition) is 3. The van der Waals surface area contributed by atoms with Gasteiger partial charge in [-0.2, -0.15) is 5.10 Å². The molecular weight excluding hydrogens is 288 g/mol. The Morgan fingerprint density at radius 3 is 2.61 bits per heavy atom. The molecule has 0 saturated carbocycles. The molecule has 0 radical (unpaired) electrons. The quantitative estimate of drug-likeness (QED) is 0.854. The molecule has 2 aromatic carbocycles. The van der Waals surface area contributed by atoms with Gasteiger partial charge in [0.15, 0.2) is 0 Å². The number of carbonyl (C=O) groups is 1. The van der Waals surface area contributed by atoms with Gasteiger partial charge in [0.2, 0.25) is 5.91 Å². The van der Waals surface area contributed by atoms with Crippen LogP contribution in [0.25, 0.3) is 0 Å². The molecule has 0 fully saturated rings. The van der Waals surface area contributed by atoms with Crippen LogP contribution in [0.4, 0.5) is 0 Å². The molecule has 0 bridgehead atoms. The summed E-state index contributed by atoms with van der Waals surface area (Å²) in [5.41, 5.74) is 3.98. The van der Waals surface area contributed by atoms with Crippen LogP contribution in [-0.2, 0) is 11.2 Å². The lowest BCUT2D eigenvalue weighted by molar-refractivity contribution is -0.130. The van der Waals surface area contributed by atoms with Gasteiger partial charge >= 0.3 is 0 Å². The molecule has 4 nitrogen and oxygen atoms in total. The molecule has 1 aliphatic rings. The zero-order chi connectivity index (χ0) is 16.4. The van der Waals surface area contributed by atoms with E-state index in [4.69, 9.17) is 4.74 Å². The number of methoxy groups -OCH3 is 1. The van der Waals surface area contributed by atoms with Gasteiger partial charge < -0.3 is 4.74 Å². The smallest absolute Gasteiger partial charge is 0.239 e. The highest BCUT2D eigenvalue weighted by atomic mass is 16.5. The summed E-state index contributed by atoms with van der Waals surface area (Å²) in [7, 11) is 1.66. The van der Waals surface area contributed by atoms with Gasteiger partial charge in [-0.1, -0.05) is 36.4 Å². The Morgan fingerprint density at radius 1 is 1.22 bits per heavy atom. The van der Waals surface area contributed by atoms with E-state index in [0.29, 0.717) is 0 Å². The minimum absolute atomic E-state index is 0.0147. The third-order valence-electron chi connectivity index (χ3n) is 4.08. The molecule has 1 amide bonds. The van der Waals surface area contributed by atoms with Gasteiger partial charge in [0.25, 0.3) is 0 Å². The van der Waals surface area contributed by atoms with Gasteiger partial charge in [-0.25, -0.2) is 5.01 Å². The first-order chi connectivity index (χ1) is 11.1. The minimum atomic E-state index is -0.0503. The Hall–Kier alpha value is -2.62. The maximum absolute atomic E-state index is 12.0. The highest BCUT2D eigenvalue weighted by molar-refractivity contribution is 6.14. The molecule has 0 saturated heterocycles. The van der Waals surface area contributed by atoms with Crippen LogP contribution in [0, 0.1) is 0 Å². The number of ether oxygens (including phenoxy) is 1. The lowest BCUT2D eigenvalue weighted by Gasteiger charge is -2.21.